The average Bonchev–Trinajstić information content (AvgIpc) is 2.91. The first kappa shape index (κ1) is 14.8. The van der Waals surface area contributed by atoms with E-state index in [2.05, 4.69) is 9.47 Å². The lowest BCUT2D eigenvalue weighted by atomic mass is 10.2. The van der Waals surface area contributed by atoms with Crippen molar-refractivity contribution in [2.45, 2.75) is 18.5 Å². The second-order valence-electron chi connectivity index (χ2n) is 4.01. The Morgan fingerprint density at radius 2 is 1.55 bits per heavy atom. The number of rotatable bonds is 3. The Kier molecular flexibility index (Phi) is 4.59. The molecule has 1 saturated heterocycles. The Labute approximate surface area is 120 Å². The molecule has 0 saturated carbocycles. The summed E-state index contributed by atoms with van der Waals surface area (Å²) < 4.78 is 20.0. The maximum absolute atomic E-state index is 11.6. The molecule has 108 valence electrons. The number of carbonyl (C=O) groups is 2. The van der Waals surface area contributed by atoms with Crippen LogP contribution in [0.4, 0.5) is 0 Å². The van der Waals surface area contributed by atoms with Gasteiger partial charge in [0.25, 0.3) is 0 Å². The highest BCUT2D eigenvalue weighted by Gasteiger charge is 2.47. The number of hydrogen-bond acceptors (Lipinski definition) is 6. The Balaban J connectivity index is 2.26. The van der Waals surface area contributed by atoms with E-state index in [1.165, 1.54) is 14.2 Å². The molecular weight excluding hydrogens is 288 g/mol. The first-order valence-electron chi connectivity index (χ1n) is 5.79. The molecule has 20 heavy (non-hydrogen) atoms. The van der Waals surface area contributed by atoms with Gasteiger partial charge in [0, 0.05) is 10.6 Å². The molecule has 0 bridgehead atoms. The van der Waals surface area contributed by atoms with Crippen LogP contribution in [0, 0.1) is 0 Å². The lowest BCUT2D eigenvalue weighted by molar-refractivity contribution is -0.160. The summed E-state index contributed by atoms with van der Waals surface area (Å²) in [6.07, 6.45) is -3.31. The number of methoxy groups -OCH3 is 2. The molecule has 2 rings (SSSR count). The van der Waals surface area contributed by atoms with E-state index in [1.54, 1.807) is 24.3 Å². The minimum Gasteiger partial charge on any atom is -0.467 e. The molecule has 1 aliphatic rings. The third-order valence-corrected chi connectivity index (χ3v) is 3.19. The normalized spacial score (nSPS) is 25.2. The van der Waals surface area contributed by atoms with Crippen molar-refractivity contribution in [2.24, 2.45) is 0 Å². The Bertz CT molecular complexity index is 493. The van der Waals surface area contributed by atoms with Crippen molar-refractivity contribution < 1.29 is 28.5 Å². The van der Waals surface area contributed by atoms with E-state index >= 15 is 0 Å². The van der Waals surface area contributed by atoms with Crippen molar-refractivity contribution in [3.8, 4) is 0 Å². The van der Waals surface area contributed by atoms with Crippen LogP contribution in [0.1, 0.15) is 11.9 Å². The zero-order valence-corrected chi connectivity index (χ0v) is 11.6. The van der Waals surface area contributed by atoms with Gasteiger partial charge >= 0.3 is 11.9 Å². The van der Waals surface area contributed by atoms with Crippen LogP contribution in [0.5, 0.6) is 0 Å². The number of halogens is 1. The third kappa shape index (κ3) is 2.77. The van der Waals surface area contributed by atoms with Gasteiger partial charge in [-0.2, -0.15) is 0 Å². The van der Waals surface area contributed by atoms with Gasteiger partial charge in [-0.15, -0.1) is 0 Å². The highest BCUT2D eigenvalue weighted by atomic mass is 35.5. The Hall–Kier alpha value is -1.63. The van der Waals surface area contributed by atoms with Crippen LogP contribution >= 0.6 is 11.6 Å². The molecule has 0 radical (unpaired) electrons. The second-order valence-corrected chi connectivity index (χ2v) is 4.42. The van der Waals surface area contributed by atoms with E-state index in [4.69, 9.17) is 21.1 Å². The molecule has 2 atom stereocenters. The summed E-state index contributed by atoms with van der Waals surface area (Å²) in [5.74, 6) is -1.43. The number of esters is 2. The number of hydrogen-bond donors (Lipinski definition) is 0. The van der Waals surface area contributed by atoms with Gasteiger partial charge in [-0.25, -0.2) is 9.59 Å². The van der Waals surface area contributed by atoms with E-state index in [-0.39, 0.29) is 0 Å². The smallest absolute Gasteiger partial charge is 0.338 e. The molecule has 1 aromatic carbocycles. The number of carbonyl (C=O) groups excluding carboxylic acids is 2. The third-order valence-electron chi connectivity index (χ3n) is 2.84. The molecule has 1 aromatic rings. The molecule has 0 aromatic heterocycles. The molecule has 6 nitrogen and oxygen atoms in total. The minimum absolute atomic E-state index is 0.409. The van der Waals surface area contributed by atoms with E-state index in [1.807, 2.05) is 0 Å². The lowest BCUT2D eigenvalue weighted by Gasteiger charge is -2.11. The SMILES string of the molecule is COC(=O)C1OC(c2ccccc2Cl)OC1C(=O)OC. The van der Waals surface area contributed by atoms with Crippen molar-refractivity contribution in [3.05, 3.63) is 34.9 Å². The minimum atomic E-state index is -1.19. The van der Waals surface area contributed by atoms with Crippen molar-refractivity contribution in [2.75, 3.05) is 14.2 Å². The summed E-state index contributed by atoms with van der Waals surface area (Å²) in [4.78, 5) is 23.3. The van der Waals surface area contributed by atoms with E-state index in [9.17, 15) is 9.59 Å². The molecular formula is C13H13ClO6. The zero-order valence-electron chi connectivity index (χ0n) is 10.9. The average molecular weight is 301 g/mol. The number of benzene rings is 1. The van der Waals surface area contributed by atoms with Crippen LogP contribution in [-0.4, -0.2) is 38.4 Å². The molecule has 1 heterocycles. The molecule has 0 amide bonds. The van der Waals surface area contributed by atoms with E-state index in [0.29, 0.717) is 10.6 Å². The molecule has 1 fully saturated rings. The van der Waals surface area contributed by atoms with Gasteiger partial charge in [-0.1, -0.05) is 29.8 Å². The molecule has 0 N–H and O–H groups in total. The van der Waals surface area contributed by atoms with E-state index in [0.717, 1.165) is 0 Å². The van der Waals surface area contributed by atoms with Gasteiger partial charge in [-0.05, 0) is 6.07 Å². The maximum atomic E-state index is 11.6. The fourth-order valence-corrected chi connectivity index (χ4v) is 2.07. The summed E-state index contributed by atoms with van der Waals surface area (Å²) in [6, 6.07) is 6.83. The highest BCUT2D eigenvalue weighted by molar-refractivity contribution is 6.31. The van der Waals surface area contributed by atoms with Crippen LogP contribution in [-0.2, 0) is 28.5 Å². The van der Waals surface area contributed by atoms with Crippen molar-refractivity contribution in [1.29, 1.82) is 0 Å². The standard InChI is InChI=1S/C13H13ClO6/c1-17-11(15)9-10(12(16)18-2)20-13(19-9)7-5-3-4-6-8(7)14/h3-6,9-10,13H,1-2H3. The van der Waals surface area contributed by atoms with E-state index < -0.39 is 30.4 Å². The Morgan fingerprint density at radius 1 is 1.05 bits per heavy atom. The lowest BCUT2D eigenvalue weighted by Crippen LogP contribution is -2.38. The van der Waals surface area contributed by atoms with Gasteiger partial charge in [0.15, 0.2) is 18.5 Å². The highest BCUT2D eigenvalue weighted by Crippen LogP contribution is 2.35. The topological polar surface area (TPSA) is 71.1 Å². The molecule has 1 aliphatic heterocycles. The molecule has 0 spiro atoms. The van der Waals surface area contributed by atoms with Gasteiger partial charge in [-0.3, -0.25) is 0 Å². The Morgan fingerprint density at radius 3 is 2.00 bits per heavy atom. The summed E-state index contributed by atoms with van der Waals surface area (Å²) in [6.45, 7) is 0. The summed E-state index contributed by atoms with van der Waals surface area (Å²) in [5, 5.41) is 0.409. The predicted octanol–water partition coefficient (Wildman–Crippen LogP) is 1.47. The zero-order chi connectivity index (χ0) is 14.7. The van der Waals surface area contributed by atoms with Crippen LogP contribution < -0.4 is 0 Å². The molecule has 0 aliphatic carbocycles. The van der Waals surface area contributed by atoms with Gasteiger partial charge < -0.3 is 18.9 Å². The summed E-state index contributed by atoms with van der Waals surface area (Å²) >= 11 is 6.03. The molecule has 7 heteroatoms. The van der Waals surface area contributed by atoms with Crippen molar-refractivity contribution in [3.63, 3.8) is 0 Å². The monoisotopic (exact) mass is 300 g/mol. The van der Waals surface area contributed by atoms with Crippen LogP contribution in [0.2, 0.25) is 5.02 Å². The first-order valence-corrected chi connectivity index (χ1v) is 6.17. The predicted molar refractivity (Wildman–Crippen MR) is 68.0 cm³/mol. The van der Waals surface area contributed by atoms with Gasteiger partial charge in [0.2, 0.25) is 0 Å². The first-order chi connectivity index (χ1) is 9.58. The fraction of sp³-hybridized carbons (Fsp3) is 0.385. The summed E-state index contributed by atoms with van der Waals surface area (Å²) in [5.41, 5.74) is 0.523. The maximum Gasteiger partial charge on any atom is 0.338 e. The largest absolute Gasteiger partial charge is 0.467 e. The summed E-state index contributed by atoms with van der Waals surface area (Å²) in [7, 11) is 2.39. The van der Waals surface area contributed by atoms with Crippen molar-refractivity contribution in [1.82, 2.24) is 0 Å². The quantitative estimate of drug-likeness (QED) is 0.787. The van der Waals surface area contributed by atoms with Crippen LogP contribution in [0.3, 0.4) is 0 Å². The van der Waals surface area contributed by atoms with Crippen LogP contribution in [0.15, 0.2) is 24.3 Å². The van der Waals surface area contributed by atoms with Gasteiger partial charge in [0.05, 0.1) is 14.2 Å². The second kappa shape index (κ2) is 6.21. The fourth-order valence-electron chi connectivity index (χ4n) is 1.84. The van der Waals surface area contributed by atoms with Crippen molar-refractivity contribution >= 4 is 23.5 Å². The van der Waals surface area contributed by atoms with Crippen LogP contribution in [0.25, 0.3) is 0 Å². The van der Waals surface area contributed by atoms with Gasteiger partial charge in [0.1, 0.15) is 0 Å². The molecule has 2 unspecified atom stereocenters. The number of ether oxygens (including phenoxy) is 4.